The Morgan fingerprint density at radius 1 is 1.25 bits per heavy atom. The second-order valence-corrected chi connectivity index (χ2v) is 6.21. The van der Waals surface area contributed by atoms with Gasteiger partial charge in [-0.1, -0.05) is 23.7 Å². The van der Waals surface area contributed by atoms with Gasteiger partial charge in [0.2, 0.25) is 5.91 Å². The Morgan fingerprint density at radius 3 is 2.71 bits per heavy atom. The average molecular weight is 365 g/mol. The monoisotopic (exact) mass is 364 g/mol. The Hall–Kier alpha value is -2.18. The molecule has 2 aromatic rings. The highest BCUT2D eigenvalue weighted by Crippen LogP contribution is 2.25. The summed E-state index contributed by atoms with van der Waals surface area (Å²) in [5, 5.41) is 3.01. The molecule has 0 saturated carbocycles. The van der Waals surface area contributed by atoms with Gasteiger partial charge in [-0.15, -0.1) is 11.8 Å². The van der Waals surface area contributed by atoms with E-state index in [2.05, 4.69) is 5.32 Å². The van der Waals surface area contributed by atoms with Crippen molar-refractivity contribution in [2.45, 2.75) is 11.8 Å². The quantitative estimate of drug-likeness (QED) is 0.462. The van der Waals surface area contributed by atoms with Crippen LogP contribution in [0.1, 0.15) is 17.3 Å². The fourth-order valence-corrected chi connectivity index (χ4v) is 2.88. The number of amides is 1. The molecule has 0 unspecified atom stereocenters. The molecule has 0 heterocycles. The molecule has 0 saturated heterocycles. The first-order valence-corrected chi connectivity index (χ1v) is 8.61. The van der Waals surface area contributed by atoms with E-state index in [9.17, 15) is 9.59 Å². The molecule has 0 aliphatic carbocycles. The Bertz CT molecular complexity index is 752. The van der Waals surface area contributed by atoms with Gasteiger partial charge in [0.25, 0.3) is 0 Å². The van der Waals surface area contributed by atoms with Crippen molar-refractivity contribution in [3.63, 3.8) is 0 Å². The van der Waals surface area contributed by atoms with E-state index in [1.807, 2.05) is 18.2 Å². The van der Waals surface area contributed by atoms with Crippen LogP contribution in [0.3, 0.4) is 0 Å². The lowest BCUT2D eigenvalue weighted by Crippen LogP contribution is -2.15. The molecule has 0 atom stereocenters. The minimum absolute atomic E-state index is 0.200. The summed E-state index contributed by atoms with van der Waals surface area (Å²) in [6.07, 6.45) is 0. The maximum absolute atomic E-state index is 12.1. The molecule has 0 aromatic heterocycles. The molecule has 5 nitrogen and oxygen atoms in total. The minimum atomic E-state index is -0.523. The van der Waals surface area contributed by atoms with E-state index in [4.69, 9.17) is 22.1 Å². The van der Waals surface area contributed by atoms with Crippen LogP contribution in [0, 0.1) is 0 Å². The molecule has 0 radical (unpaired) electrons. The van der Waals surface area contributed by atoms with Gasteiger partial charge in [0, 0.05) is 16.3 Å². The summed E-state index contributed by atoms with van der Waals surface area (Å²) in [5.74, 6) is -0.531. The van der Waals surface area contributed by atoms with Crippen LogP contribution >= 0.6 is 23.4 Å². The van der Waals surface area contributed by atoms with Crippen LogP contribution in [0.4, 0.5) is 11.4 Å². The van der Waals surface area contributed by atoms with Gasteiger partial charge in [0.05, 0.1) is 22.9 Å². The van der Waals surface area contributed by atoms with Gasteiger partial charge >= 0.3 is 5.97 Å². The number of nitrogens with two attached hydrogens (primary N) is 1. The number of hydrogen-bond donors (Lipinski definition) is 2. The summed E-state index contributed by atoms with van der Waals surface area (Å²) in [5.41, 5.74) is 7.17. The average Bonchev–Trinajstić information content (AvgIpc) is 2.56. The minimum Gasteiger partial charge on any atom is -0.462 e. The second kappa shape index (κ2) is 8.61. The van der Waals surface area contributed by atoms with E-state index in [0.29, 0.717) is 11.4 Å². The maximum atomic E-state index is 12.1. The number of hydrogen-bond acceptors (Lipinski definition) is 5. The molecule has 2 rings (SSSR count). The lowest BCUT2D eigenvalue weighted by Gasteiger charge is -2.09. The smallest absolute Gasteiger partial charge is 0.339 e. The molecule has 0 aliphatic rings. The van der Waals surface area contributed by atoms with Crippen molar-refractivity contribution in [2.75, 3.05) is 23.4 Å². The van der Waals surface area contributed by atoms with Gasteiger partial charge in [0.15, 0.2) is 0 Å². The van der Waals surface area contributed by atoms with E-state index < -0.39 is 5.97 Å². The predicted molar refractivity (Wildman–Crippen MR) is 97.6 cm³/mol. The first kappa shape index (κ1) is 18.2. The highest BCUT2D eigenvalue weighted by atomic mass is 35.5. The highest BCUT2D eigenvalue weighted by Gasteiger charge is 2.13. The molecule has 3 N–H and O–H groups in total. The SMILES string of the molecule is CCOC(=O)c1cc(NC(=O)CSc2ccccc2N)ccc1Cl. The Morgan fingerprint density at radius 2 is 2.00 bits per heavy atom. The molecule has 24 heavy (non-hydrogen) atoms. The van der Waals surface area contributed by atoms with Gasteiger partial charge in [0.1, 0.15) is 0 Å². The summed E-state index contributed by atoms with van der Waals surface area (Å²) >= 11 is 7.33. The molecule has 2 aromatic carbocycles. The number of thioether (sulfide) groups is 1. The van der Waals surface area contributed by atoms with Gasteiger partial charge < -0.3 is 15.8 Å². The predicted octanol–water partition coefficient (Wildman–Crippen LogP) is 3.83. The van der Waals surface area contributed by atoms with Gasteiger partial charge in [-0.05, 0) is 37.3 Å². The molecule has 0 bridgehead atoms. The summed E-state index contributed by atoms with van der Waals surface area (Å²) in [4.78, 5) is 24.7. The van der Waals surface area contributed by atoms with Crippen LogP contribution in [-0.4, -0.2) is 24.2 Å². The Kier molecular flexibility index (Phi) is 6.52. The van der Waals surface area contributed by atoms with Crippen LogP contribution in [0.25, 0.3) is 0 Å². The number of halogens is 1. The number of para-hydroxylation sites is 1. The van der Waals surface area contributed by atoms with Crippen molar-refractivity contribution < 1.29 is 14.3 Å². The summed E-state index contributed by atoms with van der Waals surface area (Å²) < 4.78 is 4.93. The Balaban J connectivity index is 2.00. The first-order chi connectivity index (χ1) is 11.5. The number of anilines is 2. The standard InChI is InChI=1S/C17H17ClN2O3S/c1-2-23-17(22)12-9-11(7-8-13(12)18)20-16(21)10-24-15-6-4-3-5-14(15)19/h3-9H,2,10,19H2,1H3,(H,20,21). The van der Waals surface area contributed by atoms with Crippen molar-refractivity contribution in [2.24, 2.45) is 0 Å². The number of nitrogens with one attached hydrogen (secondary N) is 1. The van der Waals surface area contributed by atoms with E-state index in [1.54, 1.807) is 25.1 Å². The molecular weight excluding hydrogens is 348 g/mol. The van der Waals surface area contributed by atoms with Crippen LogP contribution < -0.4 is 11.1 Å². The van der Waals surface area contributed by atoms with Gasteiger partial charge in [-0.3, -0.25) is 4.79 Å². The number of carbonyl (C=O) groups is 2. The van der Waals surface area contributed by atoms with Crippen molar-refractivity contribution >= 4 is 46.6 Å². The van der Waals surface area contributed by atoms with Crippen LogP contribution in [0.15, 0.2) is 47.4 Å². The third kappa shape index (κ3) is 4.91. The number of ether oxygens (including phenoxy) is 1. The van der Waals surface area contributed by atoms with Crippen LogP contribution in [0.2, 0.25) is 5.02 Å². The van der Waals surface area contributed by atoms with Crippen molar-refractivity contribution in [3.05, 3.63) is 53.1 Å². The molecule has 1 amide bonds. The fourth-order valence-electron chi connectivity index (χ4n) is 1.92. The maximum Gasteiger partial charge on any atom is 0.339 e. The molecule has 0 spiro atoms. The van der Waals surface area contributed by atoms with Crippen molar-refractivity contribution in [3.8, 4) is 0 Å². The summed E-state index contributed by atoms with van der Waals surface area (Å²) in [6, 6.07) is 12.0. The fraction of sp³-hybridized carbons (Fsp3) is 0.176. The zero-order valence-electron chi connectivity index (χ0n) is 13.0. The molecule has 0 aliphatic heterocycles. The van der Waals surface area contributed by atoms with Crippen molar-refractivity contribution in [1.29, 1.82) is 0 Å². The lowest BCUT2D eigenvalue weighted by atomic mass is 10.2. The van der Waals surface area contributed by atoms with Gasteiger partial charge in [-0.2, -0.15) is 0 Å². The number of rotatable bonds is 6. The van der Waals surface area contributed by atoms with Gasteiger partial charge in [-0.25, -0.2) is 4.79 Å². The summed E-state index contributed by atoms with van der Waals surface area (Å²) in [6.45, 7) is 1.96. The third-order valence-electron chi connectivity index (χ3n) is 3.02. The normalized spacial score (nSPS) is 10.2. The molecule has 126 valence electrons. The number of esters is 1. The highest BCUT2D eigenvalue weighted by molar-refractivity contribution is 8.00. The third-order valence-corrected chi connectivity index (χ3v) is 4.44. The lowest BCUT2D eigenvalue weighted by molar-refractivity contribution is -0.113. The van der Waals surface area contributed by atoms with E-state index >= 15 is 0 Å². The summed E-state index contributed by atoms with van der Waals surface area (Å²) in [7, 11) is 0. The molecule has 0 fully saturated rings. The van der Waals surface area contributed by atoms with E-state index in [-0.39, 0.29) is 28.9 Å². The first-order valence-electron chi connectivity index (χ1n) is 7.25. The molecule has 7 heteroatoms. The second-order valence-electron chi connectivity index (χ2n) is 4.79. The number of benzene rings is 2. The van der Waals surface area contributed by atoms with E-state index in [1.165, 1.54) is 17.8 Å². The zero-order valence-corrected chi connectivity index (χ0v) is 14.6. The van der Waals surface area contributed by atoms with Crippen molar-refractivity contribution in [1.82, 2.24) is 0 Å². The number of nitrogen functional groups attached to an aromatic ring is 1. The van der Waals surface area contributed by atoms with Crippen LogP contribution in [-0.2, 0) is 9.53 Å². The molecular formula is C17H17ClN2O3S. The van der Waals surface area contributed by atoms with E-state index in [0.717, 1.165) is 4.90 Å². The topological polar surface area (TPSA) is 81.4 Å². The zero-order chi connectivity index (χ0) is 17.5. The van der Waals surface area contributed by atoms with Crippen LogP contribution in [0.5, 0.6) is 0 Å². The largest absolute Gasteiger partial charge is 0.462 e. The number of carbonyl (C=O) groups excluding carboxylic acids is 2. The Labute approximate surface area is 149 Å².